The number of nitrogens with two attached hydrogens (primary N) is 1. The van der Waals surface area contributed by atoms with E-state index in [-0.39, 0.29) is 0 Å². The number of nitrogens with zero attached hydrogens (tertiary/aromatic N) is 2. The van der Waals surface area contributed by atoms with Crippen molar-refractivity contribution in [2.75, 3.05) is 5.32 Å². The molecular weight excluding hydrogens is 244 g/mol. The zero-order valence-corrected chi connectivity index (χ0v) is 12.3. The Morgan fingerprint density at radius 3 is 2.56 bits per heavy atom. The van der Waals surface area contributed by atoms with Gasteiger partial charge < -0.3 is 11.1 Å². The third-order valence-electron chi connectivity index (χ3n) is 2.66. The Morgan fingerprint density at radius 1 is 1.33 bits per heavy atom. The highest BCUT2D eigenvalue weighted by Gasteiger charge is 2.08. The summed E-state index contributed by atoms with van der Waals surface area (Å²) in [6.07, 6.45) is 2.28. The first-order chi connectivity index (χ1) is 8.38. The minimum Gasteiger partial charge on any atom is -0.388 e. The minimum absolute atomic E-state index is 0.304. The number of aromatic nitrogens is 2. The lowest BCUT2D eigenvalue weighted by molar-refractivity contribution is 0.526. The van der Waals surface area contributed by atoms with Crippen molar-refractivity contribution in [3.63, 3.8) is 0 Å². The molecule has 0 aromatic carbocycles. The number of hydrogen-bond acceptors (Lipinski definition) is 4. The van der Waals surface area contributed by atoms with Crippen LogP contribution in [0, 0.1) is 12.8 Å². The summed E-state index contributed by atoms with van der Waals surface area (Å²) in [6.45, 7) is 8.49. The molecule has 1 aromatic rings. The van der Waals surface area contributed by atoms with Crippen LogP contribution in [0.15, 0.2) is 6.07 Å². The molecule has 0 fully saturated rings. The van der Waals surface area contributed by atoms with Gasteiger partial charge in [-0.25, -0.2) is 9.97 Å². The molecule has 0 saturated heterocycles. The van der Waals surface area contributed by atoms with E-state index in [9.17, 15) is 0 Å². The molecule has 4 nitrogen and oxygen atoms in total. The molecule has 0 amide bonds. The Balaban J connectivity index is 2.69. The summed E-state index contributed by atoms with van der Waals surface area (Å²) in [4.78, 5) is 8.96. The predicted molar refractivity (Wildman–Crippen MR) is 79.8 cm³/mol. The van der Waals surface area contributed by atoms with Crippen LogP contribution in [0.25, 0.3) is 0 Å². The van der Waals surface area contributed by atoms with Gasteiger partial charge in [0.2, 0.25) is 5.95 Å². The Hall–Kier alpha value is -1.23. The highest BCUT2D eigenvalue weighted by Crippen LogP contribution is 2.11. The molecule has 0 aliphatic rings. The fourth-order valence-corrected chi connectivity index (χ4v) is 1.74. The fraction of sp³-hybridized carbons (Fsp3) is 0.615. The molecule has 3 N–H and O–H groups in total. The van der Waals surface area contributed by atoms with E-state index >= 15 is 0 Å². The standard InChI is InChI=1S/C13H22N4S/c1-8(2)5-6-9(3)15-13-16-10(4)7-11(17-13)12(14)18/h7-9H,5-6H2,1-4H3,(H2,14,18)(H,15,16,17). The van der Waals surface area contributed by atoms with Crippen LogP contribution >= 0.6 is 12.2 Å². The zero-order chi connectivity index (χ0) is 13.7. The molecule has 0 saturated carbocycles. The molecule has 100 valence electrons. The first-order valence-corrected chi connectivity index (χ1v) is 6.71. The molecule has 1 atom stereocenters. The third kappa shape index (κ3) is 4.96. The van der Waals surface area contributed by atoms with Crippen molar-refractivity contribution in [2.24, 2.45) is 11.7 Å². The molecule has 0 aliphatic carbocycles. The van der Waals surface area contributed by atoms with Gasteiger partial charge in [-0.15, -0.1) is 0 Å². The minimum atomic E-state index is 0.304. The second kappa shape index (κ2) is 6.64. The SMILES string of the molecule is Cc1cc(C(N)=S)nc(NC(C)CCC(C)C)n1. The molecule has 0 aliphatic heterocycles. The summed E-state index contributed by atoms with van der Waals surface area (Å²) in [5.74, 6) is 1.31. The molecular formula is C13H22N4S. The number of aryl methyl sites for hydroxylation is 1. The normalized spacial score (nSPS) is 12.5. The first kappa shape index (κ1) is 14.8. The number of nitrogens with one attached hydrogen (secondary N) is 1. The Morgan fingerprint density at radius 2 is 2.00 bits per heavy atom. The van der Waals surface area contributed by atoms with Crippen LogP contribution in [0.1, 0.15) is 45.0 Å². The van der Waals surface area contributed by atoms with Crippen LogP contribution in [0.2, 0.25) is 0 Å². The van der Waals surface area contributed by atoms with E-state index in [4.69, 9.17) is 18.0 Å². The highest BCUT2D eigenvalue weighted by atomic mass is 32.1. The second-order valence-corrected chi connectivity index (χ2v) is 5.54. The Kier molecular flexibility index (Phi) is 5.47. The van der Waals surface area contributed by atoms with Gasteiger partial charge in [0.25, 0.3) is 0 Å². The summed E-state index contributed by atoms with van der Waals surface area (Å²) < 4.78 is 0. The lowest BCUT2D eigenvalue weighted by Crippen LogP contribution is -2.20. The summed E-state index contributed by atoms with van der Waals surface area (Å²) in [7, 11) is 0. The lowest BCUT2D eigenvalue weighted by atomic mass is 10.0. The molecule has 1 rings (SSSR count). The smallest absolute Gasteiger partial charge is 0.223 e. The van der Waals surface area contributed by atoms with Gasteiger partial charge in [-0.3, -0.25) is 0 Å². The maximum Gasteiger partial charge on any atom is 0.223 e. The van der Waals surface area contributed by atoms with Crippen molar-refractivity contribution >= 4 is 23.2 Å². The van der Waals surface area contributed by atoms with Crippen LogP contribution in [-0.4, -0.2) is 21.0 Å². The van der Waals surface area contributed by atoms with E-state index in [1.807, 2.05) is 6.92 Å². The van der Waals surface area contributed by atoms with Gasteiger partial charge in [0.1, 0.15) is 10.7 Å². The Bertz CT molecular complexity index is 417. The van der Waals surface area contributed by atoms with E-state index in [0.29, 0.717) is 28.6 Å². The molecule has 1 aromatic heterocycles. The molecule has 1 heterocycles. The summed E-state index contributed by atoms with van der Waals surface area (Å²) in [6, 6.07) is 2.14. The highest BCUT2D eigenvalue weighted by molar-refractivity contribution is 7.80. The van der Waals surface area contributed by atoms with Crippen molar-refractivity contribution < 1.29 is 0 Å². The van der Waals surface area contributed by atoms with Crippen molar-refractivity contribution in [2.45, 2.75) is 46.6 Å². The van der Waals surface area contributed by atoms with Crippen molar-refractivity contribution in [3.05, 3.63) is 17.5 Å². The average Bonchev–Trinajstić information content (AvgIpc) is 2.25. The van der Waals surface area contributed by atoms with Crippen LogP contribution in [-0.2, 0) is 0 Å². The van der Waals surface area contributed by atoms with Gasteiger partial charge in [-0.2, -0.15) is 0 Å². The molecule has 0 spiro atoms. The van der Waals surface area contributed by atoms with Gasteiger partial charge in [0.15, 0.2) is 0 Å². The van der Waals surface area contributed by atoms with E-state index in [2.05, 4.69) is 36.1 Å². The number of thiocarbonyl (C=S) groups is 1. The van der Waals surface area contributed by atoms with Crippen LogP contribution in [0.3, 0.4) is 0 Å². The second-order valence-electron chi connectivity index (χ2n) is 5.10. The zero-order valence-electron chi connectivity index (χ0n) is 11.5. The van der Waals surface area contributed by atoms with Crippen molar-refractivity contribution in [1.29, 1.82) is 0 Å². The maximum absolute atomic E-state index is 5.59. The Labute approximate surface area is 114 Å². The van der Waals surface area contributed by atoms with Gasteiger partial charge in [-0.1, -0.05) is 26.1 Å². The number of anilines is 1. The third-order valence-corrected chi connectivity index (χ3v) is 2.87. The van der Waals surface area contributed by atoms with E-state index in [1.54, 1.807) is 6.07 Å². The fourth-order valence-electron chi connectivity index (χ4n) is 1.64. The monoisotopic (exact) mass is 266 g/mol. The molecule has 0 radical (unpaired) electrons. The molecule has 0 bridgehead atoms. The van der Waals surface area contributed by atoms with Gasteiger partial charge in [-0.05, 0) is 38.7 Å². The number of rotatable bonds is 6. The van der Waals surface area contributed by atoms with Gasteiger partial charge >= 0.3 is 0 Å². The van der Waals surface area contributed by atoms with Gasteiger partial charge in [0.05, 0.1) is 0 Å². The van der Waals surface area contributed by atoms with E-state index in [1.165, 1.54) is 6.42 Å². The molecule has 5 heteroatoms. The predicted octanol–water partition coefficient (Wildman–Crippen LogP) is 2.66. The lowest BCUT2D eigenvalue weighted by Gasteiger charge is -2.15. The van der Waals surface area contributed by atoms with E-state index in [0.717, 1.165) is 12.1 Å². The average molecular weight is 266 g/mol. The van der Waals surface area contributed by atoms with E-state index < -0.39 is 0 Å². The first-order valence-electron chi connectivity index (χ1n) is 6.30. The molecule has 1 unspecified atom stereocenters. The quantitative estimate of drug-likeness (QED) is 0.775. The van der Waals surface area contributed by atoms with Crippen LogP contribution in [0.5, 0.6) is 0 Å². The van der Waals surface area contributed by atoms with Gasteiger partial charge in [0, 0.05) is 11.7 Å². The van der Waals surface area contributed by atoms with Crippen LogP contribution in [0.4, 0.5) is 5.95 Å². The summed E-state index contributed by atoms with van der Waals surface area (Å²) in [5.41, 5.74) is 7.08. The van der Waals surface area contributed by atoms with Crippen LogP contribution < -0.4 is 11.1 Å². The summed E-state index contributed by atoms with van der Waals surface area (Å²) in [5, 5.41) is 3.30. The molecule has 18 heavy (non-hydrogen) atoms. The topological polar surface area (TPSA) is 63.8 Å². The summed E-state index contributed by atoms with van der Waals surface area (Å²) >= 11 is 4.94. The maximum atomic E-state index is 5.59. The van der Waals surface area contributed by atoms with Crippen molar-refractivity contribution in [1.82, 2.24) is 9.97 Å². The van der Waals surface area contributed by atoms with Crippen molar-refractivity contribution in [3.8, 4) is 0 Å². The number of hydrogen-bond donors (Lipinski definition) is 2. The largest absolute Gasteiger partial charge is 0.388 e.